The Bertz CT molecular complexity index is 691. The maximum absolute atomic E-state index is 12.1. The summed E-state index contributed by atoms with van der Waals surface area (Å²) in [6.07, 6.45) is 2.98. The van der Waals surface area contributed by atoms with Crippen molar-refractivity contribution in [3.05, 3.63) is 68.5 Å². The summed E-state index contributed by atoms with van der Waals surface area (Å²) in [5.74, 6) is 0.574. The minimum absolute atomic E-state index is 0.412. The van der Waals surface area contributed by atoms with Crippen LogP contribution in [-0.2, 0) is 4.74 Å². The summed E-state index contributed by atoms with van der Waals surface area (Å²) in [6, 6.07) is 9.55. The number of hydrogen-bond donors (Lipinski definition) is 2. The van der Waals surface area contributed by atoms with Gasteiger partial charge in [-0.3, -0.25) is 9.78 Å². The molecule has 2 rings (SSSR count). The van der Waals surface area contributed by atoms with E-state index in [0.717, 1.165) is 18.4 Å². The van der Waals surface area contributed by atoms with Crippen molar-refractivity contribution >= 4 is 0 Å². The van der Waals surface area contributed by atoms with Crippen LogP contribution in [0, 0.1) is 5.92 Å². The van der Waals surface area contributed by atoms with Crippen LogP contribution in [0.3, 0.4) is 0 Å². The van der Waals surface area contributed by atoms with Crippen LogP contribution in [0.25, 0.3) is 0 Å². The van der Waals surface area contributed by atoms with Gasteiger partial charge in [-0.05, 0) is 17.9 Å². The molecule has 2 N–H and O–H groups in total. The van der Waals surface area contributed by atoms with Gasteiger partial charge in [0.05, 0.1) is 5.56 Å². The van der Waals surface area contributed by atoms with E-state index >= 15 is 0 Å². The van der Waals surface area contributed by atoms with Gasteiger partial charge in [0.25, 0.3) is 5.56 Å². The summed E-state index contributed by atoms with van der Waals surface area (Å²) in [4.78, 5) is 28.0. The van der Waals surface area contributed by atoms with Crippen LogP contribution in [0.5, 0.6) is 0 Å². The molecule has 2 atom stereocenters. The van der Waals surface area contributed by atoms with Crippen LogP contribution in [0.4, 0.5) is 0 Å². The largest absolute Gasteiger partial charge is 0.369 e. The number of hydrogen-bond acceptors (Lipinski definition) is 3. The fourth-order valence-electron chi connectivity index (χ4n) is 2.20. The summed E-state index contributed by atoms with van der Waals surface area (Å²) in [7, 11) is 0. The summed E-state index contributed by atoms with van der Waals surface area (Å²) in [5.41, 5.74) is 0.375. The Morgan fingerprint density at radius 1 is 1.18 bits per heavy atom. The smallest absolute Gasteiger partial charge is 0.325 e. The first-order valence-electron chi connectivity index (χ1n) is 7.60. The first-order chi connectivity index (χ1) is 10.6. The summed E-state index contributed by atoms with van der Waals surface area (Å²) in [5, 5.41) is 0. The summed E-state index contributed by atoms with van der Waals surface area (Å²) >= 11 is 0. The third-order valence-electron chi connectivity index (χ3n) is 3.82. The molecule has 2 aromatic rings. The van der Waals surface area contributed by atoms with E-state index in [-0.39, 0.29) is 0 Å². The van der Waals surface area contributed by atoms with E-state index in [0.29, 0.717) is 18.1 Å². The molecular formula is C17H22N2O3. The standard InChI is InChI=1S/C17H22N2O3/c1-3-12(2)9-10-22-15(13-7-5-4-6-8-13)14-11-18-17(21)19-16(14)20/h4-8,11-12,15H,3,9-10H2,1-2H3,(H2,18,19,20,21). The Balaban J connectivity index is 2.26. The normalized spacial score (nSPS) is 13.7. The third kappa shape index (κ3) is 4.18. The molecule has 0 amide bonds. The molecule has 0 fully saturated rings. The zero-order valence-electron chi connectivity index (χ0n) is 13.0. The first kappa shape index (κ1) is 16.2. The maximum atomic E-state index is 12.1. The number of rotatable bonds is 7. The van der Waals surface area contributed by atoms with Crippen molar-refractivity contribution in [3.8, 4) is 0 Å². The van der Waals surface area contributed by atoms with Crippen LogP contribution in [0.15, 0.2) is 46.1 Å². The van der Waals surface area contributed by atoms with Crippen molar-refractivity contribution in [1.29, 1.82) is 0 Å². The minimum Gasteiger partial charge on any atom is -0.369 e. The number of benzene rings is 1. The average Bonchev–Trinajstić information content (AvgIpc) is 2.53. The fourth-order valence-corrected chi connectivity index (χ4v) is 2.20. The highest BCUT2D eigenvalue weighted by atomic mass is 16.5. The van der Waals surface area contributed by atoms with E-state index in [2.05, 4.69) is 23.8 Å². The lowest BCUT2D eigenvalue weighted by atomic mass is 10.0. The Morgan fingerprint density at radius 2 is 1.91 bits per heavy atom. The molecule has 0 saturated heterocycles. The Kier molecular flexibility index (Phi) is 5.72. The molecule has 0 aliphatic heterocycles. The van der Waals surface area contributed by atoms with Crippen LogP contribution in [0.2, 0.25) is 0 Å². The summed E-state index contributed by atoms with van der Waals surface area (Å²) < 4.78 is 5.97. The Morgan fingerprint density at radius 3 is 2.55 bits per heavy atom. The monoisotopic (exact) mass is 302 g/mol. The second-order valence-electron chi connectivity index (χ2n) is 5.49. The SMILES string of the molecule is CCC(C)CCOC(c1ccccc1)c1c[nH]c(=O)[nH]c1=O. The number of ether oxygens (including phenoxy) is 1. The number of aromatic amines is 2. The summed E-state index contributed by atoms with van der Waals surface area (Å²) in [6.45, 7) is 4.88. The van der Waals surface area contributed by atoms with Crippen LogP contribution in [0.1, 0.15) is 43.9 Å². The van der Waals surface area contributed by atoms with E-state index in [1.165, 1.54) is 6.20 Å². The number of aromatic nitrogens is 2. The molecule has 0 saturated carbocycles. The highest BCUT2D eigenvalue weighted by Crippen LogP contribution is 2.23. The quantitative estimate of drug-likeness (QED) is 0.825. The maximum Gasteiger partial charge on any atom is 0.325 e. The van der Waals surface area contributed by atoms with E-state index < -0.39 is 17.4 Å². The second-order valence-corrected chi connectivity index (χ2v) is 5.49. The molecule has 0 aliphatic carbocycles. The van der Waals surface area contributed by atoms with Crippen LogP contribution < -0.4 is 11.2 Å². The van der Waals surface area contributed by atoms with Crippen molar-refractivity contribution in [2.24, 2.45) is 5.92 Å². The van der Waals surface area contributed by atoms with Gasteiger partial charge in [0, 0.05) is 12.8 Å². The number of H-pyrrole nitrogens is 2. The molecule has 5 heteroatoms. The lowest BCUT2D eigenvalue weighted by molar-refractivity contribution is 0.0693. The molecule has 0 aliphatic rings. The van der Waals surface area contributed by atoms with Gasteiger partial charge in [-0.25, -0.2) is 4.79 Å². The van der Waals surface area contributed by atoms with Crippen molar-refractivity contribution in [1.82, 2.24) is 9.97 Å². The van der Waals surface area contributed by atoms with Gasteiger partial charge in [0.15, 0.2) is 0 Å². The van der Waals surface area contributed by atoms with E-state index in [1.807, 2.05) is 30.3 Å². The predicted octanol–water partition coefficient (Wildman–Crippen LogP) is 2.61. The molecular weight excluding hydrogens is 280 g/mol. The minimum atomic E-state index is -0.514. The zero-order chi connectivity index (χ0) is 15.9. The fraction of sp³-hybridized carbons (Fsp3) is 0.412. The van der Waals surface area contributed by atoms with E-state index in [4.69, 9.17) is 4.74 Å². The molecule has 22 heavy (non-hydrogen) atoms. The zero-order valence-corrected chi connectivity index (χ0v) is 13.0. The van der Waals surface area contributed by atoms with Gasteiger partial charge in [-0.15, -0.1) is 0 Å². The molecule has 2 unspecified atom stereocenters. The predicted molar refractivity (Wildman–Crippen MR) is 86.0 cm³/mol. The van der Waals surface area contributed by atoms with Crippen LogP contribution >= 0.6 is 0 Å². The molecule has 1 heterocycles. The average molecular weight is 302 g/mol. The molecule has 0 bridgehead atoms. The third-order valence-corrected chi connectivity index (χ3v) is 3.82. The highest BCUT2D eigenvalue weighted by Gasteiger charge is 2.18. The molecule has 1 aromatic carbocycles. The lowest BCUT2D eigenvalue weighted by Crippen LogP contribution is -2.27. The molecule has 1 aromatic heterocycles. The number of nitrogens with one attached hydrogen (secondary N) is 2. The molecule has 5 nitrogen and oxygen atoms in total. The topological polar surface area (TPSA) is 75.0 Å². The molecule has 0 spiro atoms. The van der Waals surface area contributed by atoms with E-state index in [1.54, 1.807) is 0 Å². The van der Waals surface area contributed by atoms with Gasteiger partial charge in [-0.2, -0.15) is 0 Å². The second kappa shape index (κ2) is 7.75. The Hall–Kier alpha value is -2.14. The van der Waals surface area contributed by atoms with E-state index in [9.17, 15) is 9.59 Å². The molecule has 118 valence electrons. The van der Waals surface area contributed by atoms with Gasteiger partial charge < -0.3 is 9.72 Å². The van der Waals surface area contributed by atoms with Gasteiger partial charge >= 0.3 is 5.69 Å². The van der Waals surface area contributed by atoms with Crippen molar-refractivity contribution < 1.29 is 4.74 Å². The van der Waals surface area contributed by atoms with Gasteiger partial charge in [-0.1, -0.05) is 50.6 Å². The van der Waals surface area contributed by atoms with Gasteiger partial charge in [0.1, 0.15) is 6.10 Å². The lowest BCUT2D eigenvalue weighted by Gasteiger charge is -2.19. The van der Waals surface area contributed by atoms with Crippen molar-refractivity contribution in [2.45, 2.75) is 32.8 Å². The van der Waals surface area contributed by atoms with Crippen LogP contribution in [-0.4, -0.2) is 16.6 Å². The molecule has 0 radical (unpaired) electrons. The highest BCUT2D eigenvalue weighted by molar-refractivity contribution is 5.26. The van der Waals surface area contributed by atoms with Gasteiger partial charge in [0.2, 0.25) is 0 Å². The van der Waals surface area contributed by atoms with Crippen molar-refractivity contribution in [3.63, 3.8) is 0 Å². The Labute approximate surface area is 129 Å². The first-order valence-corrected chi connectivity index (χ1v) is 7.60. The van der Waals surface area contributed by atoms with Crippen molar-refractivity contribution in [2.75, 3.05) is 6.61 Å².